The fraction of sp³-hybridized carbons (Fsp3) is 0.565. The third-order valence-corrected chi connectivity index (χ3v) is 11.1. The summed E-state index contributed by atoms with van der Waals surface area (Å²) < 4.78 is 2.05. The molecule has 0 saturated heterocycles. The van der Waals surface area contributed by atoms with E-state index in [1.807, 2.05) is 26.7 Å². The van der Waals surface area contributed by atoms with Gasteiger partial charge in [-0.25, -0.2) is 0 Å². The number of aromatic nitrogens is 2. The molecule has 0 spiro atoms. The van der Waals surface area contributed by atoms with Crippen molar-refractivity contribution in [1.82, 2.24) is 10.2 Å². The highest BCUT2D eigenvalue weighted by Crippen LogP contribution is 2.43. The first-order valence-electron chi connectivity index (χ1n) is 11.0. The van der Waals surface area contributed by atoms with E-state index in [1.54, 1.807) is 33.9 Å². The molecule has 1 heterocycles. The zero-order valence-corrected chi connectivity index (χ0v) is 22.3. The van der Waals surface area contributed by atoms with Gasteiger partial charge in [-0.05, 0) is 50.5 Å². The van der Waals surface area contributed by atoms with Gasteiger partial charge in [-0.15, -0.1) is 10.2 Å². The number of thioether (sulfide) groups is 1. The van der Waals surface area contributed by atoms with Gasteiger partial charge in [-0.2, -0.15) is 0 Å². The number of nitrogens with zero attached hydrogens (tertiary/aromatic N) is 2. The molecule has 0 amide bonds. The van der Waals surface area contributed by atoms with Crippen LogP contribution in [0.5, 0.6) is 0 Å². The van der Waals surface area contributed by atoms with Crippen LogP contribution in [0.15, 0.2) is 44.4 Å². The molecule has 0 aliphatic carbocycles. The SMILES string of the molecule is CCCCCCCCCCCCSSSc1nnc(S/C=C(/C)c2ccccc2)s1. The van der Waals surface area contributed by atoms with E-state index in [4.69, 9.17) is 0 Å². The van der Waals surface area contributed by atoms with Crippen LogP contribution < -0.4 is 0 Å². The van der Waals surface area contributed by atoms with E-state index >= 15 is 0 Å². The summed E-state index contributed by atoms with van der Waals surface area (Å²) in [6.07, 6.45) is 14.0. The van der Waals surface area contributed by atoms with Gasteiger partial charge in [0.25, 0.3) is 0 Å². The lowest BCUT2D eigenvalue weighted by Crippen LogP contribution is -1.82. The third kappa shape index (κ3) is 12.1. The molecule has 0 atom stereocenters. The van der Waals surface area contributed by atoms with Crippen LogP contribution in [0.25, 0.3) is 5.57 Å². The second-order valence-electron chi connectivity index (χ2n) is 7.27. The minimum Gasteiger partial charge on any atom is -0.130 e. The molecule has 30 heavy (non-hydrogen) atoms. The van der Waals surface area contributed by atoms with Gasteiger partial charge in [0, 0.05) is 5.75 Å². The van der Waals surface area contributed by atoms with Gasteiger partial charge in [-0.1, -0.05) is 129 Å². The van der Waals surface area contributed by atoms with Crippen LogP contribution in [0.4, 0.5) is 0 Å². The molecule has 166 valence electrons. The van der Waals surface area contributed by atoms with Gasteiger partial charge in [0.15, 0.2) is 8.68 Å². The van der Waals surface area contributed by atoms with Gasteiger partial charge in [0.2, 0.25) is 0 Å². The Morgan fingerprint density at radius 3 is 2.20 bits per heavy atom. The molecule has 0 fully saturated rings. The Kier molecular flexibility index (Phi) is 15.2. The molecule has 2 rings (SSSR count). The Bertz CT molecular complexity index is 703. The van der Waals surface area contributed by atoms with Crippen molar-refractivity contribution in [3.8, 4) is 0 Å². The number of benzene rings is 1. The van der Waals surface area contributed by atoms with Crippen molar-refractivity contribution in [2.45, 2.75) is 86.7 Å². The standard InChI is InChI=1S/C23H34N2S5/c1-3-4-5-6-7-8-9-10-11-15-18-27-30-29-23-25-24-22(28-23)26-19-20(2)21-16-13-12-14-17-21/h12-14,16-17,19H,3-11,15,18H2,1-2H3/b20-19-. The molecule has 2 nitrogen and oxygen atoms in total. The van der Waals surface area contributed by atoms with Crippen LogP contribution in [0.2, 0.25) is 0 Å². The van der Waals surface area contributed by atoms with E-state index < -0.39 is 0 Å². The molecular formula is C23H34N2S5. The summed E-state index contributed by atoms with van der Waals surface area (Å²) in [6, 6.07) is 10.5. The smallest absolute Gasteiger partial charge is 0.130 e. The highest BCUT2D eigenvalue weighted by atomic mass is 33.5. The average molecular weight is 499 g/mol. The molecule has 1 aromatic carbocycles. The van der Waals surface area contributed by atoms with E-state index in [9.17, 15) is 0 Å². The van der Waals surface area contributed by atoms with E-state index in [1.165, 1.54) is 81.1 Å². The Hall–Kier alpha value is -0.0800. The van der Waals surface area contributed by atoms with E-state index in [-0.39, 0.29) is 0 Å². The van der Waals surface area contributed by atoms with Crippen molar-refractivity contribution in [3.63, 3.8) is 0 Å². The summed E-state index contributed by atoms with van der Waals surface area (Å²) in [5.74, 6) is 1.23. The van der Waals surface area contributed by atoms with E-state index in [0.29, 0.717) is 0 Å². The Morgan fingerprint density at radius 2 is 1.50 bits per heavy atom. The Morgan fingerprint density at radius 1 is 0.867 bits per heavy atom. The second-order valence-corrected chi connectivity index (χ2v) is 13.8. The predicted molar refractivity (Wildman–Crippen MR) is 144 cm³/mol. The Labute approximate surface area is 203 Å². The molecule has 0 saturated carbocycles. The molecule has 0 bridgehead atoms. The number of hydrogen-bond acceptors (Lipinski definition) is 7. The number of unbranched alkanes of at least 4 members (excludes halogenated alkanes) is 9. The molecule has 2 aromatic rings. The molecule has 7 heteroatoms. The second kappa shape index (κ2) is 17.5. The number of hydrogen-bond donors (Lipinski definition) is 0. The molecule has 1 aromatic heterocycles. The zero-order valence-electron chi connectivity index (χ0n) is 18.2. The number of allylic oxidation sites excluding steroid dienone is 1. The van der Waals surface area contributed by atoms with Crippen molar-refractivity contribution in [1.29, 1.82) is 0 Å². The van der Waals surface area contributed by atoms with Gasteiger partial charge >= 0.3 is 0 Å². The summed E-state index contributed by atoms with van der Waals surface area (Å²) in [7, 11) is 5.53. The van der Waals surface area contributed by atoms with Crippen molar-refractivity contribution in [2.24, 2.45) is 0 Å². The lowest BCUT2D eigenvalue weighted by Gasteiger charge is -2.02. The lowest BCUT2D eigenvalue weighted by molar-refractivity contribution is 0.563. The fourth-order valence-electron chi connectivity index (χ4n) is 2.92. The average Bonchev–Trinajstić information content (AvgIpc) is 3.23. The van der Waals surface area contributed by atoms with Gasteiger partial charge in [0.05, 0.1) is 0 Å². The monoisotopic (exact) mass is 498 g/mol. The van der Waals surface area contributed by atoms with Crippen molar-refractivity contribution >= 4 is 60.1 Å². The van der Waals surface area contributed by atoms with Crippen molar-refractivity contribution in [2.75, 3.05) is 5.75 Å². The van der Waals surface area contributed by atoms with Gasteiger partial charge in [-0.3, -0.25) is 0 Å². The van der Waals surface area contributed by atoms with E-state index in [0.717, 1.165) is 8.68 Å². The maximum Gasteiger partial charge on any atom is 0.186 e. The first kappa shape index (κ1) is 26.2. The maximum atomic E-state index is 4.31. The van der Waals surface area contributed by atoms with E-state index in [2.05, 4.69) is 53.7 Å². The van der Waals surface area contributed by atoms with Crippen LogP contribution in [-0.2, 0) is 0 Å². The summed E-state index contributed by atoms with van der Waals surface area (Å²) in [6.45, 7) is 4.42. The lowest BCUT2D eigenvalue weighted by atomic mass is 10.1. The summed E-state index contributed by atoms with van der Waals surface area (Å²) >= 11 is 3.34. The topological polar surface area (TPSA) is 25.8 Å². The molecular weight excluding hydrogens is 465 g/mol. The van der Waals surface area contributed by atoms with Crippen LogP contribution in [0.3, 0.4) is 0 Å². The molecule has 0 N–H and O–H groups in total. The zero-order chi connectivity index (χ0) is 21.3. The highest BCUT2D eigenvalue weighted by Gasteiger charge is 2.06. The minimum absolute atomic E-state index is 1.01. The van der Waals surface area contributed by atoms with Gasteiger partial charge < -0.3 is 0 Å². The normalized spacial score (nSPS) is 11.9. The van der Waals surface area contributed by atoms with Crippen molar-refractivity contribution < 1.29 is 0 Å². The summed E-state index contributed by atoms with van der Waals surface area (Å²) in [5, 5.41) is 10.8. The highest BCUT2D eigenvalue weighted by molar-refractivity contribution is 9.09. The largest absolute Gasteiger partial charge is 0.186 e. The minimum atomic E-state index is 1.01. The van der Waals surface area contributed by atoms with Crippen LogP contribution in [0.1, 0.15) is 83.6 Å². The number of rotatable bonds is 17. The molecule has 0 aliphatic rings. The summed E-state index contributed by atoms with van der Waals surface area (Å²) in [5.41, 5.74) is 2.51. The van der Waals surface area contributed by atoms with Crippen molar-refractivity contribution in [3.05, 3.63) is 41.3 Å². The van der Waals surface area contributed by atoms with Gasteiger partial charge in [0.1, 0.15) is 0 Å². The quantitative estimate of drug-likeness (QED) is 0.122. The fourth-order valence-corrected chi connectivity index (χ4v) is 9.01. The molecule has 0 aliphatic heterocycles. The van der Waals surface area contributed by atoms with Crippen LogP contribution in [-0.4, -0.2) is 16.0 Å². The first-order valence-corrected chi connectivity index (χ1v) is 16.3. The summed E-state index contributed by atoms with van der Waals surface area (Å²) in [4.78, 5) is 0. The molecule has 0 unspecified atom stereocenters. The van der Waals surface area contributed by atoms with Crippen LogP contribution >= 0.6 is 54.5 Å². The Balaban J connectivity index is 1.47. The predicted octanol–water partition coefficient (Wildman–Crippen LogP) is 10.0. The van der Waals surface area contributed by atoms with Crippen LogP contribution in [0, 0.1) is 0 Å². The maximum absolute atomic E-state index is 4.31. The first-order chi connectivity index (χ1) is 14.8. The molecule has 0 radical (unpaired) electrons. The third-order valence-electron chi connectivity index (χ3n) is 4.69.